The summed E-state index contributed by atoms with van der Waals surface area (Å²) in [6.07, 6.45) is 5.71. The molecule has 1 fully saturated rings. The molecule has 0 atom stereocenters. The van der Waals surface area contributed by atoms with Gasteiger partial charge in [-0.1, -0.05) is 50.2 Å². The lowest BCUT2D eigenvalue weighted by Gasteiger charge is -2.22. The fourth-order valence-electron chi connectivity index (χ4n) is 3.28. The minimum Gasteiger partial charge on any atom is -0.370 e. The highest BCUT2D eigenvalue weighted by atomic mass is 32.1. The number of carbonyl (C=O) groups excluding carboxylic acids is 1. The first-order valence-corrected chi connectivity index (χ1v) is 10.2. The van der Waals surface area contributed by atoms with E-state index in [9.17, 15) is 4.79 Å². The van der Waals surface area contributed by atoms with Crippen LogP contribution in [0.3, 0.4) is 0 Å². The molecule has 2 aromatic rings. The fraction of sp³-hybridized carbons (Fsp3) is 0.304. The summed E-state index contributed by atoms with van der Waals surface area (Å²) >= 11 is 5.33. The van der Waals surface area contributed by atoms with Gasteiger partial charge in [-0.3, -0.25) is 10.1 Å². The molecule has 2 aromatic carbocycles. The second kappa shape index (κ2) is 9.51. The molecule has 5 heteroatoms. The molecular weight excluding hydrogens is 366 g/mol. The summed E-state index contributed by atoms with van der Waals surface area (Å²) in [5, 5.41) is 6.18. The molecule has 0 saturated carbocycles. The fourth-order valence-corrected chi connectivity index (χ4v) is 3.49. The standard InChI is InChI=1S/C23H27N3OS/c1-17(2)19-12-9-18(10-13-19)11-14-22(27)25-23(28)24-20-7-3-4-8-21(20)26-15-5-6-16-26/h3-4,7-14,17H,5-6,15-16H2,1-2H3,(H2,24,25,27,28)/b14-11+. The number of benzene rings is 2. The summed E-state index contributed by atoms with van der Waals surface area (Å²) in [6.45, 7) is 6.43. The van der Waals surface area contributed by atoms with E-state index in [1.54, 1.807) is 6.08 Å². The van der Waals surface area contributed by atoms with E-state index in [2.05, 4.69) is 47.6 Å². The normalized spacial score (nSPS) is 13.9. The van der Waals surface area contributed by atoms with Crippen molar-refractivity contribution in [2.45, 2.75) is 32.6 Å². The van der Waals surface area contributed by atoms with E-state index >= 15 is 0 Å². The predicted octanol–water partition coefficient (Wildman–Crippen LogP) is 4.94. The molecule has 1 aliphatic rings. The third kappa shape index (κ3) is 5.42. The topological polar surface area (TPSA) is 44.4 Å². The van der Waals surface area contributed by atoms with Crippen LogP contribution in [0.4, 0.5) is 11.4 Å². The van der Waals surface area contributed by atoms with Crippen LogP contribution in [0.5, 0.6) is 0 Å². The molecule has 146 valence electrons. The third-order valence-electron chi connectivity index (χ3n) is 4.87. The minimum atomic E-state index is -0.246. The Morgan fingerprint density at radius 2 is 1.75 bits per heavy atom. The zero-order valence-electron chi connectivity index (χ0n) is 16.4. The van der Waals surface area contributed by atoms with E-state index in [0.29, 0.717) is 11.0 Å². The molecule has 1 saturated heterocycles. The highest BCUT2D eigenvalue weighted by molar-refractivity contribution is 7.80. The highest BCUT2D eigenvalue weighted by Crippen LogP contribution is 2.28. The molecule has 2 N–H and O–H groups in total. The lowest BCUT2D eigenvalue weighted by atomic mass is 10.0. The summed E-state index contributed by atoms with van der Waals surface area (Å²) in [5.74, 6) is 0.248. The van der Waals surface area contributed by atoms with Gasteiger partial charge in [0.05, 0.1) is 11.4 Å². The van der Waals surface area contributed by atoms with E-state index in [1.807, 2.05) is 30.3 Å². The number of hydrogen-bond acceptors (Lipinski definition) is 3. The van der Waals surface area contributed by atoms with E-state index in [-0.39, 0.29) is 5.91 Å². The lowest BCUT2D eigenvalue weighted by molar-refractivity contribution is -0.115. The van der Waals surface area contributed by atoms with Crippen LogP contribution in [0.1, 0.15) is 43.7 Å². The molecule has 0 bridgehead atoms. The van der Waals surface area contributed by atoms with Gasteiger partial charge in [0.25, 0.3) is 0 Å². The van der Waals surface area contributed by atoms with E-state index < -0.39 is 0 Å². The van der Waals surface area contributed by atoms with Crippen molar-refractivity contribution in [3.63, 3.8) is 0 Å². The first-order valence-electron chi connectivity index (χ1n) is 9.77. The molecule has 1 aliphatic heterocycles. The van der Waals surface area contributed by atoms with Crippen LogP contribution >= 0.6 is 12.2 Å². The van der Waals surface area contributed by atoms with Crippen molar-refractivity contribution < 1.29 is 4.79 Å². The van der Waals surface area contributed by atoms with Gasteiger partial charge in [-0.25, -0.2) is 0 Å². The van der Waals surface area contributed by atoms with Crippen molar-refractivity contribution in [1.82, 2.24) is 5.32 Å². The molecule has 0 spiro atoms. The number of nitrogens with one attached hydrogen (secondary N) is 2. The van der Waals surface area contributed by atoms with Gasteiger partial charge in [0, 0.05) is 19.2 Å². The maximum atomic E-state index is 12.2. The average molecular weight is 394 g/mol. The first-order chi connectivity index (χ1) is 13.5. The largest absolute Gasteiger partial charge is 0.370 e. The third-order valence-corrected chi connectivity index (χ3v) is 5.07. The number of carbonyl (C=O) groups is 1. The Morgan fingerprint density at radius 3 is 2.43 bits per heavy atom. The quantitative estimate of drug-likeness (QED) is 0.558. The molecule has 3 rings (SSSR count). The van der Waals surface area contributed by atoms with Crippen LogP contribution in [-0.4, -0.2) is 24.1 Å². The van der Waals surface area contributed by atoms with Crippen molar-refractivity contribution in [2.75, 3.05) is 23.3 Å². The predicted molar refractivity (Wildman–Crippen MR) is 122 cm³/mol. The molecule has 0 radical (unpaired) electrons. The molecule has 1 amide bonds. The van der Waals surface area contributed by atoms with Gasteiger partial charge in [0.1, 0.15) is 0 Å². The Bertz CT molecular complexity index is 852. The van der Waals surface area contributed by atoms with E-state index in [4.69, 9.17) is 12.2 Å². The average Bonchev–Trinajstić information content (AvgIpc) is 3.21. The zero-order valence-corrected chi connectivity index (χ0v) is 17.3. The number of rotatable bonds is 5. The molecule has 0 unspecified atom stereocenters. The summed E-state index contributed by atoms with van der Waals surface area (Å²) in [7, 11) is 0. The minimum absolute atomic E-state index is 0.246. The summed E-state index contributed by atoms with van der Waals surface area (Å²) in [4.78, 5) is 14.5. The van der Waals surface area contributed by atoms with Gasteiger partial charge < -0.3 is 10.2 Å². The van der Waals surface area contributed by atoms with E-state index in [0.717, 1.165) is 30.0 Å². The molecule has 4 nitrogen and oxygen atoms in total. The van der Waals surface area contributed by atoms with Crippen LogP contribution in [0.25, 0.3) is 6.08 Å². The highest BCUT2D eigenvalue weighted by Gasteiger charge is 2.16. The van der Waals surface area contributed by atoms with Crippen LogP contribution in [0, 0.1) is 0 Å². The molecule has 1 heterocycles. The van der Waals surface area contributed by atoms with Gasteiger partial charge in [0.15, 0.2) is 5.11 Å². The smallest absolute Gasteiger partial charge is 0.250 e. The Morgan fingerprint density at radius 1 is 1.07 bits per heavy atom. The van der Waals surface area contributed by atoms with Gasteiger partial charge in [-0.2, -0.15) is 0 Å². The van der Waals surface area contributed by atoms with Crippen LogP contribution in [-0.2, 0) is 4.79 Å². The van der Waals surface area contributed by atoms with Crippen LogP contribution in [0.2, 0.25) is 0 Å². The van der Waals surface area contributed by atoms with Crippen LogP contribution < -0.4 is 15.5 Å². The number of hydrogen-bond donors (Lipinski definition) is 2. The van der Waals surface area contributed by atoms with Gasteiger partial charge >= 0.3 is 0 Å². The van der Waals surface area contributed by atoms with Gasteiger partial charge in [-0.15, -0.1) is 0 Å². The van der Waals surface area contributed by atoms with Crippen molar-refractivity contribution >= 4 is 40.7 Å². The van der Waals surface area contributed by atoms with Crippen molar-refractivity contribution in [3.8, 4) is 0 Å². The Kier molecular flexibility index (Phi) is 6.82. The SMILES string of the molecule is CC(C)c1ccc(/C=C/C(=O)NC(=S)Nc2ccccc2N2CCCC2)cc1. The maximum Gasteiger partial charge on any atom is 0.250 e. The summed E-state index contributed by atoms with van der Waals surface area (Å²) in [6, 6.07) is 16.3. The second-order valence-electron chi connectivity index (χ2n) is 7.31. The number of amides is 1. The maximum absolute atomic E-state index is 12.2. The monoisotopic (exact) mass is 393 g/mol. The number of para-hydroxylation sites is 2. The number of nitrogens with zero attached hydrogens (tertiary/aromatic N) is 1. The van der Waals surface area contributed by atoms with Crippen molar-refractivity contribution in [3.05, 3.63) is 65.7 Å². The lowest BCUT2D eigenvalue weighted by Crippen LogP contribution is -2.33. The first kappa shape index (κ1) is 20.1. The second-order valence-corrected chi connectivity index (χ2v) is 7.72. The van der Waals surface area contributed by atoms with Crippen molar-refractivity contribution in [1.29, 1.82) is 0 Å². The van der Waals surface area contributed by atoms with Crippen LogP contribution in [0.15, 0.2) is 54.6 Å². The molecular formula is C23H27N3OS. The Balaban J connectivity index is 1.57. The van der Waals surface area contributed by atoms with E-state index in [1.165, 1.54) is 24.5 Å². The molecule has 28 heavy (non-hydrogen) atoms. The van der Waals surface area contributed by atoms with Gasteiger partial charge in [-0.05, 0) is 60.3 Å². The number of anilines is 2. The Hall–Kier alpha value is -2.66. The Labute approximate surface area is 172 Å². The molecule has 0 aromatic heterocycles. The summed E-state index contributed by atoms with van der Waals surface area (Å²) < 4.78 is 0. The van der Waals surface area contributed by atoms with Crippen molar-refractivity contribution in [2.24, 2.45) is 0 Å². The number of thiocarbonyl (C=S) groups is 1. The van der Waals surface area contributed by atoms with Gasteiger partial charge in [0.2, 0.25) is 5.91 Å². The summed E-state index contributed by atoms with van der Waals surface area (Å²) in [5.41, 5.74) is 4.31. The molecule has 0 aliphatic carbocycles. The zero-order chi connectivity index (χ0) is 19.9.